The van der Waals surface area contributed by atoms with Crippen molar-refractivity contribution in [2.45, 2.75) is 12.3 Å². The van der Waals surface area contributed by atoms with Crippen molar-refractivity contribution >= 4 is 23.5 Å². The topological polar surface area (TPSA) is 62.5 Å². The average Bonchev–Trinajstić information content (AvgIpc) is 2.65. The van der Waals surface area contributed by atoms with Gasteiger partial charge in [-0.05, 0) is 6.92 Å². The predicted molar refractivity (Wildman–Crippen MR) is 60.5 cm³/mol. The second kappa shape index (κ2) is 5.16. The van der Waals surface area contributed by atoms with E-state index in [2.05, 4.69) is 10.2 Å². The summed E-state index contributed by atoms with van der Waals surface area (Å²) in [6, 6.07) is 0.290. The van der Waals surface area contributed by atoms with E-state index >= 15 is 0 Å². The van der Waals surface area contributed by atoms with E-state index < -0.39 is 0 Å². The van der Waals surface area contributed by atoms with E-state index in [9.17, 15) is 4.79 Å². The van der Waals surface area contributed by atoms with Gasteiger partial charge in [-0.3, -0.25) is 4.79 Å². The molecule has 1 amide bonds. The summed E-state index contributed by atoms with van der Waals surface area (Å²) < 4.78 is 5.29. The van der Waals surface area contributed by atoms with E-state index in [1.54, 1.807) is 33.0 Å². The zero-order valence-electron chi connectivity index (χ0n) is 9.77. The Hall–Kier alpha value is -1.30. The maximum absolute atomic E-state index is 11.4. The van der Waals surface area contributed by atoms with Crippen molar-refractivity contribution in [3.63, 3.8) is 0 Å². The number of carbonyl (C=O) groups is 1. The van der Waals surface area contributed by atoms with E-state index in [0.717, 1.165) is 0 Å². The molecule has 6 nitrogen and oxygen atoms in total. The minimum atomic E-state index is -0.334. The molecule has 0 bridgehead atoms. The molecule has 0 aliphatic carbocycles. The SMILES string of the molecule is CC(Cl)c1nnc(N(C)CC(=O)N(C)C)o1. The maximum atomic E-state index is 11.4. The number of alkyl halides is 1. The highest BCUT2D eigenvalue weighted by Crippen LogP contribution is 2.20. The van der Waals surface area contributed by atoms with Crippen LogP contribution in [0.25, 0.3) is 0 Å². The van der Waals surface area contributed by atoms with Crippen LogP contribution in [-0.4, -0.2) is 48.7 Å². The number of hydrogen-bond donors (Lipinski definition) is 0. The molecule has 1 heterocycles. The number of hydrogen-bond acceptors (Lipinski definition) is 5. The Morgan fingerprint density at radius 3 is 2.50 bits per heavy atom. The first-order valence-electron chi connectivity index (χ1n) is 4.80. The van der Waals surface area contributed by atoms with Crippen molar-refractivity contribution in [1.29, 1.82) is 0 Å². The van der Waals surface area contributed by atoms with E-state index in [1.807, 2.05) is 0 Å². The highest BCUT2D eigenvalue weighted by molar-refractivity contribution is 6.20. The molecular weight excluding hydrogens is 232 g/mol. The molecule has 1 unspecified atom stereocenters. The lowest BCUT2D eigenvalue weighted by Crippen LogP contribution is -2.34. The van der Waals surface area contributed by atoms with Gasteiger partial charge in [-0.2, -0.15) is 0 Å². The van der Waals surface area contributed by atoms with Gasteiger partial charge in [0.25, 0.3) is 0 Å². The number of aromatic nitrogens is 2. The van der Waals surface area contributed by atoms with Crippen LogP contribution >= 0.6 is 11.6 Å². The lowest BCUT2D eigenvalue weighted by molar-refractivity contribution is -0.127. The average molecular weight is 247 g/mol. The van der Waals surface area contributed by atoms with Crippen LogP contribution in [0.1, 0.15) is 18.2 Å². The highest BCUT2D eigenvalue weighted by atomic mass is 35.5. The van der Waals surface area contributed by atoms with Crippen LogP contribution in [0.5, 0.6) is 0 Å². The summed E-state index contributed by atoms with van der Waals surface area (Å²) in [5.41, 5.74) is 0. The van der Waals surface area contributed by atoms with Gasteiger partial charge >= 0.3 is 6.01 Å². The molecule has 0 fully saturated rings. The number of anilines is 1. The summed E-state index contributed by atoms with van der Waals surface area (Å²) in [5, 5.41) is 7.24. The van der Waals surface area contributed by atoms with Crippen molar-refractivity contribution < 1.29 is 9.21 Å². The van der Waals surface area contributed by atoms with Gasteiger partial charge in [0.05, 0.1) is 0 Å². The van der Waals surface area contributed by atoms with E-state index in [1.165, 1.54) is 4.90 Å². The lowest BCUT2D eigenvalue weighted by Gasteiger charge is -2.16. The first kappa shape index (κ1) is 12.8. The molecule has 0 spiro atoms. The molecule has 90 valence electrons. The third-order valence-corrected chi connectivity index (χ3v) is 2.15. The molecule has 0 saturated heterocycles. The molecule has 1 rings (SSSR count). The fraction of sp³-hybridized carbons (Fsp3) is 0.667. The molecular formula is C9H15ClN4O2. The summed E-state index contributed by atoms with van der Waals surface area (Å²) in [4.78, 5) is 14.5. The van der Waals surface area contributed by atoms with Crippen LogP contribution in [0, 0.1) is 0 Å². The molecule has 7 heteroatoms. The fourth-order valence-electron chi connectivity index (χ4n) is 0.953. The van der Waals surface area contributed by atoms with Crippen molar-refractivity contribution in [2.24, 2.45) is 0 Å². The number of likely N-dealkylation sites (N-methyl/N-ethyl adjacent to an activating group) is 2. The Bertz CT molecular complexity index is 364. The molecule has 1 aromatic rings. The van der Waals surface area contributed by atoms with Gasteiger partial charge in [-0.25, -0.2) is 0 Å². The fourth-order valence-corrected chi connectivity index (χ4v) is 1.04. The van der Waals surface area contributed by atoms with Crippen molar-refractivity contribution in [2.75, 3.05) is 32.6 Å². The first-order valence-corrected chi connectivity index (χ1v) is 5.24. The summed E-state index contributed by atoms with van der Waals surface area (Å²) in [5.74, 6) is 0.307. The number of halogens is 1. The minimum Gasteiger partial charge on any atom is -0.406 e. The van der Waals surface area contributed by atoms with Crippen LogP contribution in [0.4, 0.5) is 6.01 Å². The minimum absolute atomic E-state index is 0.0406. The van der Waals surface area contributed by atoms with Gasteiger partial charge in [0.1, 0.15) is 11.9 Å². The predicted octanol–water partition coefficient (Wildman–Crippen LogP) is 0.894. The van der Waals surface area contributed by atoms with Crippen LogP contribution in [0.3, 0.4) is 0 Å². The van der Waals surface area contributed by atoms with Crippen LogP contribution in [0.2, 0.25) is 0 Å². The van der Waals surface area contributed by atoms with Crippen molar-refractivity contribution in [3.8, 4) is 0 Å². The molecule has 1 aromatic heterocycles. The summed E-state index contributed by atoms with van der Waals surface area (Å²) in [7, 11) is 5.09. The second-order valence-electron chi connectivity index (χ2n) is 3.68. The Kier molecular flexibility index (Phi) is 4.12. The van der Waals surface area contributed by atoms with Crippen LogP contribution in [-0.2, 0) is 4.79 Å². The summed E-state index contributed by atoms with van der Waals surface area (Å²) in [6.07, 6.45) is 0. The Morgan fingerprint density at radius 2 is 2.06 bits per heavy atom. The number of rotatable bonds is 4. The smallest absolute Gasteiger partial charge is 0.318 e. The molecule has 0 saturated carbocycles. The molecule has 0 aliphatic rings. The highest BCUT2D eigenvalue weighted by Gasteiger charge is 2.16. The van der Waals surface area contributed by atoms with Gasteiger partial charge in [0.15, 0.2) is 0 Å². The third kappa shape index (κ3) is 3.10. The maximum Gasteiger partial charge on any atom is 0.318 e. The van der Waals surface area contributed by atoms with Gasteiger partial charge in [-0.15, -0.1) is 16.7 Å². The van der Waals surface area contributed by atoms with Gasteiger partial charge in [0, 0.05) is 21.1 Å². The van der Waals surface area contributed by atoms with Crippen molar-refractivity contribution in [1.82, 2.24) is 15.1 Å². The standard InChI is InChI=1S/C9H15ClN4O2/c1-6(10)8-11-12-9(16-8)14(4)5-7(15)13(2)3/h6H,5H2,1-4H3. The van der Waals surface area contributed by atoms with E-state index in [0.29, 0.717) is 5.89 Å². The lowest BCUT2D eigenvalue weighted by atomic mass is 10.5. The van der Waals surface area contributed by atoms with E-state index in [4.69, 9.17) is 16.0 Å². The molecule has 0 aromatic carbocycles. The van der Waals surface area contributed by atoms with Crippen LogP contribution < -0.4 is 4.90 Å². The summed E-state index contributed by atoms with van der Waals surface area (Å²) >= 11 is 5.79. The Labute approximate surface area is 99.2 Å². The zero-order chi connectivity index (χ0) is 12.3. The Balaban J connectivity index is 2.66. The van der Waals surface area contributed by atoms with Gasteiger partial charge < -0.3 is 14.2 Å². The molecule has 0 aliphatic heterocycles. The monoisotopic (exact) mass is 246 g/mol. The first-order chi connectivity index (χ1) is 7.41. The third-order valence-electron chi connectivity index (χ3n) is 1.97. The summed E-state index contributed by atoms with van der Waals surface area (Å²) in [6.45, 7) is 1.93. The van der Waals surface area contributed by atoms with Gasteiger partial charge in [0.2, 0.25) is 11.8 Å². The number of nitrogens with zero attached hydrogens (tertiary/aromatic N) is 4. The van der Waals surface area contributed by atoms with E-state index in [-0.39, 0.29) is 23.8 Å². The Morgan fingerprint density at radius 1 is 1.44 bits per heavy atom. The van der Waals surface area contributed by atoms with Gasteiger partial charge in [-0.1, -0.05) is 5.10 Å². The molecule has 1 atom stereocenters. The molecule has 0 N–H and O–H groups in total. The van der Waals surface area contributed by atoms with Crippen molar-refractivity contribution in [3.05, 3.63) is 5.89 Å². The number of carbonyl (C=O) groups excluding carboxylic acids is 1. The second-order valence-corrected chi connectivity index (χ2v) is 4.34. The normalized spacial score (nSPS) is 12.3. The zero-order valence-corrected chi connectivity index (χ0v) is 10.5. The quantitative estimate of drug-likeness (QED) is 0.739. The largest absolute Gasteiger partial charge is 0.406 e. The molecule has 0 radical (unpaired) electrons. The number of amides is 1. The molecule has 16 heavy (non-hydrogen) atoms. The van der Waals surface area contributed by atoms with Crippen LogP contribution in [0.15, 0.2) is 4.42 Å².